The van der Waals surface area contributed by atoms with Gasteiger partial charge in [0, 0.05) is 16.1 Å². The topological polar surface area (TPSA) is 72.3 Å². The van der Waals surface area contributed by atoms with Crippen LogP contribution in [0.2, 0.25) is 0 Å². The number of phenols is 1. The lowest BCUT2D eigenvalue weighted by atomic mass is 9.91. The van der Waals surface area contributed by atoms with Crippen molar-refractivity contribution in [2.45, 2.75) is 31.7 Å². The first kappa shape index (κ1) is 11.7. The average Bonchev–Trinajstić information content (AvgIpc) is 2.77. The maximum absolute atomic E-state index is 9.97. The molecular weight excluding hydrogens is 268 g/mol. The minimum Gasteiger partial charge on any atom is -0.505 e. The summed E-state index contributed by atoms with van der Waals surface area (Å²) in [5, 5.41) is 9.97. The number of nitrogens with two attached hydrogens (primary N) is 2. The van der Waals surface area contributed by atoms with Crippen LogP contribution in [0.5, 0.6) is 5.75 Å². The van der Waals surface area contributed by atoms with Crippen molar-refractivity contribution in [2.75, 3.05) is 5.73 Å². The van der Waals surface area contributed by atoms with E-state index in [2.05, 4.69) is 15.9 Å². The zero-order valence-corrected chi connectivity index (χ0v) is 10.7. The van der Waals surface area contributed by atoms with Crippen LogP contribution in [-0.2, 0) is 0 Å². The molecule has 0 heterocycles. The van der Waals surface area contributed by atoms with Gasteiger partial charge in [-0.05, 0) is 30.9 Å². The molecule has 1 fully saturated rings. The Morgan fingerprint density at radius 1 is 1.31 bits per heavy atom. The Kier molecular flexibility index (Phi) is 3.40. The van der Waals surface area contributed by atoms with Gasteiger partial charge in [-0.2, -0.15) is 0 Å². The predicted octanol–water partition coefficient (Wildman–Crippen LogP) is 2.93. The van der Waals surface area contributed by atoms with Crippen molar-refractivity contribution >= 4 is 21.6 Å². The first-order valence-corrected chi connectivity index (χ1v) is 6.43. The maximum atomic E-state index is 9.97. The number of rotatable bonds is 2. The molecule has 1 aromatic carbocycles. The molecule has 0 spiro atoms. The van der Waals surface area contributed by atoms with E-state index in [1.165, 1.54) is 12.8 Å². The van der Waals surface area contributed by atoms with Gasteiger partial charge in [-0.3, -0.25) is 0 Å². The second kappa shape index (κ2) is 4.63. The first-order valence-electron chi connectivity index (χ1n) is 5.63. The molecule has 2 rings (SSSR count). The van der Waals surface area contributed by atoms with E-state index in [0.29, 0.717) is 11.6 Å². The van der Waals surface area contributed by atoms with Gasteiger partial charge in [-0.25, -0.2) is 0 Å². The maximum Gasteiger partial charge on any atom is 0.144 e. The molecule has 0 saturated heterocycles. The highest BCUT2D eigenvalue weighted by Crippen LogP contribution is 2.42. The monoisotopic (exact) mass is 284 g/mol. The third-order valence-electron chi connectivity index (χ3n) is 3.44. The number of nitrogen functional groups attached to an aromatic ring is 1. The number of hydrogen-bond donors (Lipinski definition) is 3. The second-order valence-corrected chi connectivity index (χ2v) is 5.32. The third kappa shape index (κ3) is 2.04. The normalized spacial score (nSPS) is 18.9. The summed E-state index contributed by atoms with van der Waals surface area (Å²) >= 11 is 3.43. The zero-order chi connectivity index (χ0) is 11.7. The number of anilines is 1. The summed E-state index contributed by atoms with van der Waals surface area (Å²) in [7, 11) is 0. The average molecular weight is 285 g/mol. The smallest absolute Gasteiger partial charge is 0.144 e. The minimum absolute atomic E-state index is 0.125. The number of phenolic OH excluding ortho intramolecular Hbond substituents is 1. The van der Waals surface area contributed by atoms with E-state index in [4.69, 9.17) is 11.5 Å². The van der Waals surface area contributed by atoms with Crippen LogP contribution in [0.15, 0.2) is 16.6 Å². The third-order valence-corrected chi connectivity index (χ3v) is 4.13. The molecule has 1 aliphatic rings. The van der Waals surface area contributed by atoms with Crippen LogP contribution < -0.4 is 11.5 Å². The lowest BCUT2D eigenvalue weighted by Gasteiger charge is -2.22. The van der Waals surface area contributed by atoms with Crippen molar-refractivity contribution in [1.29, 1.82) is 0 Å². The number of aromatic hydroxyl groups is 1. The number of halogens is 1. The fourth-order valence-corrected chi connectivity index (χ4v) is 3.05. The molecule has 3 nitrogen and oxygen atoms in total. The molecule has 0 unspecified atom stereocenters. The quantitative estimate of drug-likeness (QED) is 0.578. The Morgan fingerprint density at radius 2 is 1.94 bits per heavy atom. The van der Waals surface area contributed by atoms with Crippen LogP contribution in [0.25, 0.3) is 0 Å². The fourth-order valence-electron chi connectivity index (χ4n) is 2.47. The van der Waals surface area contributed by atoms with Crippen molar-refractivity contribution in [2.24, 2.45) is 11.7 Å². The largest absolute Gasteiger partial charge is 0.505 e. The highest BCUT2D eigenvalue weighted by molar-refractivity contribution is 9.10. The molecular formula is C12H17BrN2O. The molecule has 4 heteroatoms. The van der Waals surface area contributed by atoms with Crippen molar-refractivity contribution in [3.63, 3.8) is 0 Å². The van der Waals surface area contributed by atoms with Gasteiger partial charge in [0.2, 0.25) is 0 Å². The standard InChI is InChI=1S/C12H17BrN2O/c13-8-5-6-9(14)12(16)10(8)11(15)7-3-1-2-4-7/h5-7,11,16H,1-4,14-15H2/t11-/m0/s1. The summed E-state index contributed by atoms with van der Waals surface area (Å²) in [4.78, 5) is 0. The summed E-state index contributed by atoms with van der Waals surface area (Å²) in [6, 6.07) is 3.41. The van der Waals surface area contributed by atoms with Gasteiger partial charge in [0.25, 0.3) is 0 Å². The van der Waals surface area contributed by atoms with Crippen molar-refractivity contribution < 1.29 is 5.11 Å². The van der Waals surface area contributed by atoms with Gasteiger partial charge in [0.1, 0.15) is 5.75 Å². The van der Waals surface area contributed by atoms with E-state index in [9.17, 15) is 5.11 Å². The Labute approximate surface area is 104 Å². The Bertz CT molecular complexity index is 389. The summed E-state index contributed by atoms with van der Waals surface area (Å²) in [6.45, 7) is 0. The van der Waals surface area contributed by atoms with Crippen LogP contribution in [0.3, 0.4) is 0 Å². The lowest BCUT2D eigenvalue weighted by Crippen LogP contribution is -2.20. The van der Waals surface area contributed by atoms with Crippen LogP contribution in [-0.4, -0.2) is 5.11 Å². The van der Waals surface area contributed by atoms with E-state index in [1.54, 1.807) is 6.07 Å². The summed E-state index contributed by atoms with van der Waals surface area (Å²) in [5.41, 5.74) is 13.1. The molecule has 0 bridgehead atoms. The van der Waals surface area contributed by atoms with E-state index in [1.807, 2.05) is 6.07 Å². The molecule has 16 heavy (non-hydrogen) atoms. The highest BCUT2D eigenvalue weighted by atomic mass is 79.9. The molecule has 0 aromatic heterocycles. The Balaban J connectivity index is 2.34. The number of hydrogen-bond acceptors (Lipinski definition) is 3. The van der Waals surface area contributed by atoms with Crippen LogP contribution in [0, 0.1) is 5.92 Å². The fraction of sp³-hybridized carbons (Fsp3) is 0.500. The molecule has 5 N–H and O–H groups in total. The van der Waals surface area contributed by atoms with Crippen molar-refractivity contribution in [3.8, 4) is 5.75 Å². The molecule has 0 aliphatic heterocycles. The van der Waals surface area contributed by atoms with Gasteiger partial charge in [0.15, 0.2) is 0 Å². The Hall–Kier alpha value is -0.740. The summed E-state index contributed by atoms with van der Waals surface area (Å²) in [6.07, 6.45) is 4.75. The zero-order valence-electron chi connectivity index (χ0n) is 9.12. The summed E-state index contributed by atoms with van der Waals surface area (Å²) < 4.78 is 0.846. The predicted molar refractivity (Wildman–Crippen MR) is 69.1 cm³/mol. The van der Waals surface area contributed by atoms with Crippen molar-refractivity contribution in [1.82, 2.24) is 0 Å². The molecule has 0 amide bonds. The summed E-state index contributed by atoms with van der Waals surface area (Å²) in [5.74, 6) is 0.595. The van der Waals surface area contributed by atoms with Crippen LogP contribution in [0.1, 0.15) is 37.3 Å². The molecule has 0 radical (unpaired) electrons. The van der Waals surface area contributed by atoms with Crippen LogP contribution >= 0.6 is 15.9 Å². The minimum atomic E-state index is -0.125. The van der Waals surface area contributed by atoms with Gasteiger partial charge < -0.3 is 16.6 Å². The SMILES string of the molecule is Nc1ccc(Br)c([C@@H](N)C2CCCC2)c1O. The molecule has 1 aromatic rings. The molecule has 1 saturated carbocycles. The van der Waals surface area contributed by atoms with E-state index < -0.39 is 0 Å². The van der Waals surface area contributed by atoms with E-state index in [-0.39, 0.29) is 11.8 Å². The molecule has 1 aliphatic carbocycles. The first-order chi connectivity index (χ1) is 7.61. The second-order valence-electron chi connectivity index (χ2n) is 4.47. The Morgan fingerprint density at radius 3 is 2.56 bits per heavy atom. The highest BCUT2D eigenvalue weighted by Gasteiger charge is 2.27. The van der Waals surface area contributed by atoms with Crippen molar-refractivity contribution in [3.05, 3.63) is 22.2 Å². The van der Waals surface area contributed by atoms with E-state index >= 15 is 0 Å². The van der Waals surface area contributed by atoms with Gasteiger partial charge in [-0.15, -0.1) is 0 Å². The van der Waals surface area contributed by atoms with Gasteiger partial charge in [-0.1, -0.05) is 28.8 Å². The van der Waals surface area contributed by atoms with Crippen LogP contribution in [0.4, 0.5) is 5.69 Å². The molecule has 1 atom stereocenters. The van der Waals surface area contributed by atoms with Gasteiger partial charge >= 0.3 is 0 Å². The van der Waals surface area contributed by atoms with Gasteiger partial charge in [0.05, 0.1) is 5.69 Å². The molecule has 88 valence electrons. The number of benzene rings is 1. The lowest BCUT2D eigenvalue weighted by molar-refractivity contribution is 0.412. The van der Waals surface area contributed by atoms with E-state index in [0.717, 1.165) is 22.9 Å².